The number of benzene rings is 2. The van der Waals surface area contributed by atoms with Gasteiger partial charge >= 0.3 is 5.63 Å². The molecule has 1 atom stereocenters. The van der Waals surface area contributed by atoms with E-state index in [0.717, 1.165) is 11.3 Å². The smallest absolute Gasteiger partial charge is 0.349 e. The highest BCUT2D eigenvalue weighted by molar-refractivity contribution is 5.99. The van der Waals surface area contributed by atoms with Gasteiger partial charge in [-0.25, -0.2) is 4.79 Å². The Morgan fingerprint density at radius 2 is 1.85 bits per heavy atom. The summed E-state index contributed by atoms with van der Waals surface area (Å²) in [5.74, 6) is -0.590. The van der Waals surface area contributed by atoms with Gasteiger partial charge in [-0.15, -0.1) is 0 Å². The van der Waals surface area contributed by atoms with Gasteiger partial charge in [-0.05, 0) is 31.2 Å². The molecule has 2 aromatic carbocycles. The van der Waals surface area contributed by atoms with Crippen LogP contribution in [-0.2, 0) is 4.79 Å². The van der Waals surface area contributed by atoms with Crippen LogP contribution in [0.25, 0.3) is 11.0 Å². The summed E-state index contributed by atoms with van der Waals surface area (Å²) >= 11 is 0. The Morgan fingerprint density at radius 1 is 1.11 bits per heavy atom. The quantitative estimate of drug-likeness (QED) is 0.727. The third-order valence-corrected chi connectivity index (χ3v) is 4.69. The minimum atomic E-state index is -0.689. The molecule has 6 nitrogen and oxygen atoms in total. The topological polar surface area (TPSA) is 79.6 Å². The van der Waals surface area contributed by atoms with E-state index in [9.17, 15) is 14.4 Å². The highest BCUT2D eigenvalue weighted by Gasteiger charge is 2.32. The van der Waals surface area contributed by atoms with E-state index in [-0.39, 0.29) is 23.9 Å². The van der Waals surface area contributed by atoms with Gasteiger partial charge in [-0.3, -0.25) is 9.59 Å². The van der Waals surface area contributed by atoms with Crippen LogP contribution in [0.4, 0.5) is 5.69 Å². The van der Waals surface area contributed by atoms with E-state index >= 15 is 0 Å². The molecule has 1 N–H and O–H groups in total. The molecule has 1 unspecified atom stereocenters. The van der Waals surface area contributed by atoms with Gasteiger partial charge in [-0.2, -0.15) is 0 Å². The maximum absolute atomic E-state index is 12.6. The summed E-state index contributed by atoms with van der Waals surface area (Å²) in [4.78, 5) is 38.7. The summed E-state index contributed by atoms with van der Waals surface area (Å²) in [6, 6.07) is 15.8. The first-order valence-corrected chi connectivity index (χ1v) is 8.72. The Kier molecular flexibility index (Phi) is 4.24. The van der Waals surface area contributed by atoms with Gasteiger partial charge in [0, 0.05) is 24.0 Å². The molecule has 0 spiro atoms. The van der Waals surface area contributed by atoms with Gasteiger partial charge < -0.3 is 14.6 Å². The molecule has 1 aromatic heterocycles. The first-order valence-electron chi connectivity index (χ1n) is 8.72. The van der Waals surface area contributed by atoms with Crippen LogP contribution in [0.3, 0.4) is 0 Å². The zero-order valence-electron chi connectivity index (χ0n) is 14.8. The van der Waals surface area contributed by atoms with Crippen LogP contribution in [0, 0.1) is 6.92 Å². The molecule has 4 rings (SSSR count). The number of carbonyl (C=O) groups excluding carboxylic acids is 2. The SMILES string of the molecule is Cc1ccc(N2CC(NC(=O)c3cc4ccccc4oc3=O)CC2=O)cc1. The van der Waals surface area contributed by atoms with Gasteiger partial charge in [0.25, 0.3) is 5.91 Å². The van der Waals surface area contributed by atoms with Crippen molar-refractivity contribution in [3.8, 4) is 0 Å². The lowest BCUT2D eigenvalue weighted by atomic mass is 10.1. The molecule has 2 amide bonds. The monoisotopic (exact) mass is 362 g/mol. The summed E-state index contributed by atoms with van der Waals surface area (Å²) in [6.45, 7) is 2.35. The fraction of sp³-hybridized carbons (Fsp3) is 0.190. The molecule has 1 aliphatic rings. The maximum Gasteiger partial charge on any atom is 0.349 e. The molecule has 136 valence electrons. The van der Waals surface area contributed by atoms with Gasteiger partial charge in [0.2, 0.25) is 5.91 Å². The highest BCUT2D eigenvalue weighted by Crippen LogP contribution is 2.22. The predicted molar refractivity (Wildman–Crippen MR) is 102 cm³/mol. The van der Waals surface area contributed by atoms with Crippen molar-refractivity contribution in [3.63, 3.8) is 0 Å². The van der Waals surface area contributed by atoms with Crippen LogP contribution in [0.2, 0.25) is 0 Å². The third kappa shape index (κ3) is 3.33. The lowest BCUT2D eigenvalue weighted by Gasteiger charge is -2.17. The number of hydrogen-bond acceptors (Lipinski definition) is 4. The molecule has 2 heterocycles. The molecule has 3 aromatic rings. The lowest BCUT2D eigenvalue weighted by molar-refractivity contribution is -0.117. The number of para-hydroxylation sites is 1. The Balaban J connectivity index is 1.52. The number of nitrogens with one attached hydrogen (secondary N) is 1. The molecule has 0 bridgehead atoms. The van der Waals surface area contributed by atoms with Crippen LogP contribution >= 0.6 is 0 Å². The minimum Gasteiger partial charge on any atom is -0.422 e. The average Bonchev–Trinajstić information content (AvgIpc) is 3.01. The second-order valence-electron chi connectivity index (χ2n) is 6.70. The Hall–Kier alpha value is -3.41. The third-order valence-electron chi connectivity index (χ3n) is 4.69. The van der Waals surface area contributed by atoms with E-state index in [4.69, 9.17) is 4.42 Å². The average molecular weight is 362 g/mol. The summed E-state index contributed by atoms with van der Waals surface area (Å²) in [5, 5.41) is 3.45. The van der Waals surface area contributed by atoms with Crippen LogP contribution in [0.1, 0.15) is 22.3 Å². The summed E-state index contributed by atoms with van der Waals surface area (Å²) in [6.07, 6.45) is 0.193. The van der Waals surface area contributed by atoms with Gasteiger partial charge in [-0.1, -0.05) is 35.9 Å². The van der Waals surface area contributed by atoms with Crippen molar-refractivity contribution in [2.24, 2.45) is 0 Å². The van der Waals surface area contributed by atoms with Gasteiger partial charge in [0.05, 0.1) is 6.04 Å². The summed E-state index contributed by atoms with van der Waals surface area (Å²) in [7, 11) is 0. The van der Waals surface area contributed by atoms with Crippen molar-refractivity contribution in [1.82, 2.24) is 5.32 Å². The van der Waals surface area contributed by atoms with Crippen molar-refractivity contribution < 1.29 is 14.0 Å². The highest BCUT2D eigenvalue weighted by atomic mass is 16.4. The number of rotatable bonds is 3. The molecule has 0 aliphatic carbocycles. The van der Waals surface area contributed by atoms with E-state index in [1.54, 1.807) is 29.2 Å². The molecule has 0 radical (unpaired) electrons. The first-order chi connectivity index (χ1) is 13.0. The minimum absolute atomic E-state index is 0.0602. The van der Waals surface area contributed by atoms with E-state index in [1.807, 2.05) is 31.2 Å². The van der Waals surface area contributed by atoms with E-state index in [0.29, 0.717) is 17.5 Å². The van der Waals surface area contributed by atoms with Crippen LogP contribution in [-0.4, -0.2) is 24.4 Å². The molecule has 6 heteroatoms. The lowest BCUT2D eigenvalue weighted by Crippen LogP contribution is -2.39. The summed E-state index contributed by atoms with van der Waals surface area (Å²) < 4.78 is 5.21. The molecule has 1 aliphatic heterocycles. The Morgan fingerprint density at radius 3 is 2.63 bits per heavy atom. The number of fused-ring (bicyclic) bond motifs is 1. The number of aryl methyl sites for hydroxylation is 1. The van der Waals surface area contributed by atoms with Crippen molar-refractivity contribution in [1.29, 1.82) is 0 Å². The Labute approximate surface area is 155 Å². The van der Waals surface area contributed by atoms with Crippen LogP contribution in [0.15, 0.2) is 63.8 Å². The van der Waals surface area contributed by atoms with Crippen LogP contribution < -0.4 is 15.8 Å². The van der Waals surface area contributed by atoms with Crippen molar-refractivity contribution >= 4 is 28.5 Å². The number of nitrogens with zero attached hydrogens (tertiary/aromatic N) is 1. The molecule has 0 saturated carbocycles. The Bertz CT molecular complexity index is 1090. The predicted octanol–water partition coefficient (Wildman–Crippen LogP) is 2.64. The number of amides is 2. The summed E-state index contributed by atoms with van der Waals surface area (Å²) in [5.41, 5.74) is 1.59. The fourth-order valence-corrected chi connectivity index (χ4v) is 3.26. The zero-order chi connectivity index (χ0) is 19.0. The van der Waals surface area contributed by atoms with Crippen LogP contribution in [0.5, 0.6) is 0 Å². The molecule has 1 fully saturated rings. The second-order valence-corrected chi connectivity index (χ2v) is 6.70. The number of hydrogen-bond donors (Lipinski definition) is 1. The van der Waals surface area contributed by atoms with E-state index in [1.165, 1.54) is 6.07 Å². The molecule has 1 saturated heterocycles. The normalized spacial score (nSPS) is 16.7. The second kappa shape index (κ2) is 6.72. The first kappa shape index (κ1) is 17.0. The molecular formula is C21H18N2O4. The largest absolute Gasteiger partial charge is 0.422 e. The van der Waals surface area contributed by atoms with E-state index in [2.05, 4.69) is 5.32 Å². The zero-order valence-corrected chi connectivity index (χ0v) is 14.8. The van der Waals surface area contributed by atoms with Crippen molar-refractivity contribution in [2.75, 3.05) is 11.4 Å². The van der Waals surface area contributed by atoms with Crippen molar-refractivity contribution in [3.05, 3.63) is 76.1 Å². The number of carbonyl (C=O) groups is 2. The van der Waals surface area contributed by atoms with Gasteiger partial charge in [0.1, 0.15) is 11.1 Å². The van der Waals surface area contributed by atoms with Gasteiger partial charge in [0.15, 0.2) is 0 Å². The standard InChI is InChI=1S/C21H18N2O4/c1-13-6-8-16(9-7-13)23-12-15(11-19(23)24)22-20(25)17-10-14-4-2-3-5-18(14)27-21(17)26/h2-10,15H,11-12H2,1H3,(H,22,25). The van der Waals surface area contributed by atoms with Crippen molar-refractivity contribution in [2.45, 2.75) is 19.4 Å². The molecular weight excluding hydrogens is 344 g/mol. The fourth-order valence-electron chi connectivity index (χ4n) is 3.26. The maximum atomic E-state index is 12.6. The molecule has 27 heavy (non-hydrogen) atoms. The number of anilines is 1. The van der Waals surface area contributed by atoms with E-state index < -0.39 is 11.5 Å².